The number of carbonyl (C=O) groups is 1. The molecule has 0 spiro atoms. The standard InChI is InChI=1S/C21H24N6O2S/c1-13-10-22-12-16-24-19-17(20(29)27(13)16)25-21(30-19)26-9-5-8-15(26)18(28)23-11-14-6-3-2-4-7-14/h2-4,6-7,13,15,22H,5,8-12H2,1H3,(H,23,28)/t13-,15?/m0/s1. The van der Waals surface area contributed by atoms with E-state index in [1.807, 2.05) is 42.2 Å². The third kappa shape index (κ3) is 3.37. The molecule has 156 valence electrons. The molecule has 2 aliphatic rings. The zero-order valence-electron chi connectivity index (χ0n) is 16.8. The van der Waals surface area contributed by atoms with Crippen LogP contribution in [0.2, 0.25) is 0 Å². The smallest absolute Gasteiger partial charge is 0.281 e. The molecule has 1 aromatic carbocycles. The molecule has 1 unspecified atom stereocenters. The van der Waals surface area contributed by atoms with Gasteiger partial charge in [0.15, 0.2) is 15.5 Å². The Morgan fingerprint density at radius 1 is 1.30 bits per heavy atom. The average molecular weight is 425 g/mol. The number of rotatable bonds is 4. The van der Waals surface area contributed by atoms with Crippen molar-refractivity contribution in [2.75, 3.05) is 18.0 Å². The van der Waals surface area contributed by atoms with Crippen LogP contribution >= 0.6 is 11.3 Å². The fraction of sp³-hybridized carbons (Fsp3) is 0.429. The van der Waals surface area contributed by atoms with Gasteiger partial charge in [0, 0.05) is 25.7 Å². The van der Waals surface area contributed by atoms with E-state index in [-0.39, 0.29) is 23.6 Å². The Bertz CT molecular complexity index is 1140. The van der Waals surface area contributed by atoms with Gasteiger partial charge in [-0.2, -0.15) is 0 Å². The number of nitrogens with zero attached hydrogens (tertiary/aromatic N) is 4. The molecule has 1 fully saturated rings. The summed E-state index contributed by atoms with van der Waals surface area (Å²) in [7, 11) is 0. The molecule has 30 heavy (non-hydrogen) atoms. The Morgan fingerprint density at radius 3 is 2.97 bits per heavy atom. The van der Waals surface area contributed by atoms with Crippen molar-refractivity contribution in [1.29, 1.82) is 0 Å². The van der Waals surface area contributed by atoms with Crippen LogP contribution in [0.3, 0.4) is 0 Å². The summed E-state index contributed by atoms with van der Waals surface area (Å²) in [6.45, 7) is 4.59. The molecule has 0 bridgehead atoms. The van der Waals surface area contributed by atoms with Gasteiger partial charge in [-0.1, -0.05) is 41.7 Å². The molecular formula is C21H24N6O2S. The fourth-order valence-corrected chi connectivity index (χ4v) is 5.30. The highest BCUT2D eigenvalue weighted by atomic mass is 32.1. The number of benzene rings is 1. The third-order valence-corrected chi connectivity index (χ3v) is 6.79. The molecule has 4 heterocycles. The summed E-state index contributed by atoms with van der Waals surface area (Å²) < 4.78 is 1.75. The second-order valence-electron chi connectivity index (χ2n) is 7.89. The normalized spacial score (nSPS) is 21.0. The number of nitrogens with one attached hydrogen (secondary N) is 2. The highest BCUT2D eigenvalue weighted by Gasteiger charge is 2.33. The van der Waals surface area contributed by atoms with Crippen molar-refractivity contribution < 1.29 is 4.79 Å². The van der Waals surface area contributed by atoms with E-state index in [2.05, 4.69) is 15.6 Å². The lowest BCUT2D eigenvalue weighted by Gasteiger charge is -2.24. The van der Waals surface area contributed by atoms with E-state index < -0.39 is 0 Å². The van der Waals surface area contributed by atoms with Gasteiger partial charge in [0.2, 0.25) is 5.91 Å². The van der Waals surface area contributed by atoms with Gasteiger partial charge in [-0.3, -0.25) is 14.2 Å². The van der Waals surface area contributed by atoms with E-state index >= 15 is 0 Å². The molecule has 8 nitrogen and oxygen atoms in total. The van der Waals surface area contributed by atoms with Gasteiger partial charge in [0.25, 0.3) is 5.56 Å². The lowest BCUT2D eigenvalue weighted by atomic mass is 10.2. The largest absolute Gasteiger partial charge is 0.350 e. The first kappa shape index (κ1) is 19.2. The van der Waals surface area contributed by atoms with E-state index in [1.54, 1.807) is 4.57 Å². The van der Waals surface area contributed by atoms with Crippen molar-refractivity contribution in [3.63, 3.8) is 0 Å². The van der Waals surface area contributed by atoms with Crippen LogP contribution in [0.1, 0.15) is 37.2 Å². The number of hydrogen-bond acceptors (Lipinski definition) is 7. The number of hydrogen-bond donors (Lipinski definition) is 2. The maximum atomic E-state index is 13.0. The lowest BCUT2D eigenvalue weighted by Crippen LogP contribution is -2.43. The number of thiazole rings is 1. The zero-order valence-corrected chi connectivity index (χ0v) is 17.6. The van der Waals surface area contributed by atoms with Gasteiger partial charge in [0.05, 0.1) is 6.54 Å². The fourth-order valence-electron chi connectivity index (χ4n) is 4.28. The predicted molar refractivity (Wildman–Crippen MR) is 117 cm³/mol. The first-order chi connectivity index (χ1) is 14.6. The quantitative estimate of drug-likeness (QED) is 0.664. The lowest BCUT2D eigenvalue weighted by molar-refractivity contribution is -0.122. The topological polar surface area (TPSA) is 92.2 Å². The van der Waals surface area contributed by atoms with Gasteiger partial charge in [0.1, 0.15) is 11.9 Å². The molecule has 0 radical (unpaired) electrons. The Balaban J connectivity index is 1.41. The molecule has 2 atom stereocenters. The summed E-state index contributed by atoms with van der Waals surface area (Å²) >= 11 is 1.40. The molecule has 2 N–H and O–H groups in total. The van der Waals surface area contributed by atoms with Crippen LogP contribution in [0.5, 0.6) is 0 Å². The zero-order chi connectivity index (χ0) is 20.7. The van der Waals surface area contributed by atoms with Crippen molar-refractivity contribution in [3.8, 4) is 0 Å². The predicted octanol–water partition coefficient (Wildman–Crippen LogP) is 1.80. The minimum atomic E-state index is -0.271. The summed E-state index contributed by atoms with van der Waals surface area (Å²) in [5.74, 6) is 0.748. The molecule has 2 aliphatic heterocycles. The molecule has 0 saturated carbocycles. The summed E-state index contributed by atoms with van der Waals surface area (Å²) in [6, 6.07) is 9.66. The van der Waals surface area contributed by atoms with Crippen LogP contribution in [0, 0.1) is 0 Å². The monoisotopic (exact) mass is 424 g/mol. The number of fused-ring (bicyclic) bond motifs is 2. The Kier molecular flexibility index (Phi) is 5.00. The molecule has 3 aromatic rings. The minimum absolute atomic E-state index is 0.00240. The van der Waals surface area contributed by atoms with Crippen molar-refractivity contribution in [3.05, 3.63) is 52.1 Å². The number of carbonyl (C=O) groups excluding carboxylic acids is 1. The van der Waals surface area contributed by atoms with Crippen LogP contribution in [-0.4, -0.2) is 39.6 Å². The average Bonchev–Trinajstić information content (AvgIpc) is 3.40. The highest BCUT2D eigenvalue weighted by molar-refractivity contribution is 7.21. The maximum absolute atomic E-state index is 13.0. The SMILES string of the molecule is C[C@H]1CNCc2nc3sc(N4CCCC4C(=O)NCc4ccccc4)nc3c(=O)n21. The first-order valence-electron chi connectivity index (χ1n) is 10.3. The highest BCUT2D eigenvalue weighted by Crippen LogP contribution is 2.32. The van der Waals surface area contributed by atoms with Gasteiger partial charge in [-0.15, -0.1) is 0 Å². The van der Waals surface area contributed by atoms with Crippen LogP contribution in [-0.2, 0) is 17.9 Å². The van der Waals surface area contributed by atoms with Gasteiger partial charge in [-0.05, 0) is 25.3 Å². The summed E-state index contributed by atoms with van der Waals surface area (Å²) in [4.78, 5) is 37.9. The maximum Gasteiger partial charge on any atom is 0.281 e. The number of amides is 1. The van der Waals surface area contributed by atoms with Gasteiger partial charge >= 0.3 is 0 Å². The second kappa shape index (κ2) is 7.81. The van der Waals surface area contributed by atoms with Gasteiger partial charge in [-0.25, -0.2) is 9.97 Å². The minimum Gasteiger partial charge on any atom is -0.350 e. The Labute approximate surface area is 177 Å². The van der Waals surface area contributed by atoms with E-state index in [9.17, 15) is 9.59 Å². The van der Waals surface area contributed by atoms with Crippen molar-refractivity contribution in [2.24, 2.45) is 0 Å². The second-order valence-corrected chi connectivity index (χ2v) is 8.84. The first-order valence-corrected chi connectivity index (χ1v) is 11.1. The number of anilines is 1. The van der Waals surface area contributed by atoms with Crippen molar-refractivity contribution in [2.45, 2.75) is 44.9 Å². The Morgan fingerprint density at radius 2 is 2.13 bits per heavy atom. The molecule has 1 amide bonds. The van der Waals surface area contributed by atoms with Crippen LogP contribution in [0.4, 0.5) is 5.13 Å². The van der Waals surface area contributed by atoms with Crippen molar-refractivity contribution >= 4 is 32.7 Å². The van der Waals surface area contributed by atoms with Crippen LogP contribution in [0.15, 0.2) is 35.1 Å². The molecule has 2 aromatic heterocycles. The van der Waals surface area contributed by atoms with Crippen molar-refractivity contribution in [1.82, 2.24) is 25.2 Å². The Hall–Kier alpha value is -2.78. The molecule has 9 heteroatoms. The van der Waals surface area contributed by atoms with Crippen LogP contribution in [0.25, 0.3) is 10.3 Å². The van der Waals surface area contributed by atoms with Gasteiger partial charge < -0.3 is 15.5 Å². The summed E-state index contributed by atoms with van der Waals surface area (Å²) in [5.41, 5.74) is 1.39. The molecule has 1 saturated heterocycles. The van der Waals surface area contributed by atoms with E-state index in [0.29, 0.717) is 28.6 Å². The summed E-state index contributed by atoms with van der Waals surface area (Å²) in [5, 5.41) is 7.04. The third-order valence-electron chi connectivity index (χ3n) is 5.80. The van der Waals surface area contributed by atoms with E-state index in [1.165, 1.54) is 11.3 Å². The van der Waals surface area contributed by atoms with Crippen LogP contribution < -0.4 is 21.1 Å². The summed E-state index contributed by atoms with van der Waals surface area (Å²) in [6.07, 6.45) is 1.70. The molecular weight excluding hydrogens is 400 g/mol. The van der Waals surface area contributed by atoms with E-state index in [0.717, 1.165) is 37.3 Å². The number of aromatic nitrogens is 3. The van der Waals surface area contributed by atoms with E-state index in [4.69, 9.17) is 4.98 Å². The molecule has 5 rings (SSSR count). The molecule has 0 aliphatic carbocycles.